The van der Waals surface area contributed by atoms with Crippen LogP contribution in [0.5, 0.6) is 17.2 Å². The number of hydrogen-bond acceptors (Lipinski definition) is 7. The molecule has 4 rings (SSSR count). The number of nitrogens with one attached hydrogen (secondary N) is 1. The zero-order valence-electron chi connectivity index (χ0n) is 19.6. The fourth-order valence-corrected chi connectivity index (χ4v) is 3.98. The summed E-state index contributed by atoms with van der Waals surface area (Å²) in [4.78, 5) is 25.3. The predicted octanol–water partition coefficient (Wildman–Crippen LogP) is 4.84. The van der Waals surface area contributed by atoms with Crippen LogP contribution in [-0.4, -0.2) is 29.7 Å². The Morgan fingerprint density at radius 2 is 1.81 bits per heavy atom. The Hall–Kier alpha value is -4.44. The third kappa shape index (κ3) is 5.28. The van der Waals surface area contributed by atoms with Crippen LogP contribution < -0.4 is 24.4 Å². The first kappa shape index (κ1) is 24.7. The lowest BCUT2D eigenvalue weighted by atomic mass is 10.1. The van der Waals surface area contributed by atoms with Crippen molar-refractivity contribution >= 4 is 40.7 Å². The van der Waals surface area contributed by atoms with Gasteiger partial charge in [-0.3, -0.25) is 19.8 Å². The van der Waals surface area contributed by atoms with E-state index in [0.717, 1.165) is 0 Å². The van der Waals surface area contributed by atoms with Gasteiger partial charge in [-0.1, -0.05) is 18.2 Å². The van der Waals surface area contributed by atoms with Crippen LogP contribution in [0.15, 0.2) is 72.4 Å². The highest BCUT2D eigenvalue weighted by Crippen LogP contribution is 2.30. The summed E-state index contributed by atoms with van der Waals surface area (Å²) in [6, 6.07) is 18.6. The summed E-state index contributed by atoms with van der Waals surface area (Å²) in [6.45, 7) is 2.48. The van der Waals surface area contributed by atoms with Gasteiger partial charge < -0.3 is 19.5 Å². The Bertz CT molecular complexity index is 1340. The summed E-state index contributed by atoms with van der Waals surface area (Å²) in [5.41, 5.74) is 2.16. The lowest BCUT2D eigenvalue weighted by Gasteiger charge is -2.14. The van der Waals surface area contributed by atoms with Gasteiger partial charge in [0, 0.05) is 11.6 Å². The SMILES string of the molecule is CCOc1ccc(N2C(=O)/C(=C\c3ccc(OC)c(COc4ccccc4[N+](=O)[O-])c3)NC2=S)cc1. The second-order valence-corrected chi connectivity index (χ2v) is 8.03. The molecule has 36 heavy (non-hydrogen) atoms. The van der Waals surface area contributed by atoms with Crippen molar-refractivity contribution in [1.82, 2.24) is 5.32 Å². The van der Waals surface area contributed by atoms with Crippen molar-refractivity contribution in [3.63, 3.8) is 0 Å². The lowest BCUT2D eigenvalue weighted by Crippen LogP contribution is -2.30. The number of amides is 1. The van der Waals surface area contributed by atoms with Gasteiger partial charge in [-0.05, 0) is 73.2 Å². The van der Waals surface area contributed by atoms with E-state index in [2.05, 4.69) is 5.32 Å². The van der Waals surface area contributed by atoms with Crippen LogP contribution in [0.3, 0.4) is 0 Å². The van der Waals surface area contributed by atoms with Crippen molar-refractivity contribution in [3.05, 3.63) is 93.7 Å². The average molecular weight is 506 g/mol. The van der Waals surface area contributed by atoms with Crippen LogP contribution in [0, 0.1) is 10.1 Å². The van der Waals surface area contributed by atoms with Gasteiger partial charge in [-0.25, -0.2) is 0 Å². The van der Waals surface area contributed by atoms with Gasteiger partial charge in [0.1, 0.15) is 23.8 Å². The molecule has 0 radical (unpaired) electrons. The number of rotatable bonds is 9. The number of anilines is 1. The molecule has 1 fully saturated rings. The summed E-state index contributed by atoms with van der Waals surface area (Å²) in [5.74, 6) is 1.11. The molecular formula is C26H23N3O6S. The van der Waals surface area contributed by atoms with E-state index >= 15 is 0 Å². The molecule has 3 aromatic carbocycles. The monoisotopic (exact) mass is 505 g/mol. The van der Waals surface area contributed by atoms with E-state index in [1.807, 2.05) is 6.92 Å². The molecule has 1 aliphatic heterocycles. The van der Waals surface area contributed by atoms with Crippen molar-refractivity contribution < 1.29 is 23.9 Å². The number of methoxy groups -OCH3 is 1. The van der Waals surface area contributed by atoms with Gasteiger partial charge in [0.2, 0.25) is 0 Å². The summed E-state index contributed by atoms with van der Waals surface area (Å²) < 4.78 is 16.6. The van der Waals surface area contributed by atoms with Gasteiger partial charge in [-0.15, -0.1) is 0 Å². The second-order valence-electron chi connectivity index (χ2n) is 7.64. The fourth-order valence-electron chi connectivity index (χ4n) is 3.68. The largest absolute Gasteiger partial charge is 0.496 e. The van der Waals surface area contributed by atoms with Crippen molar-refractivity contribution in [3.8, 4) is 17.2 Å². The summed E-state index contributed by atoms with van der Waals surface area (Å²) in [7, 11) is 1.52. The first-order chi connectivity index (χ1) is 17.4. The van der Waals surface area contributed by atoms with E-state index in [-0.39, 0.29) is 29.1 Å². The molecule has 0 aromatic heterocycles. The maximum atomic E-state index is 13.1. The number of nitro benzene ring substituents is 1. The second kappa shape index (κ2) is 10.9. The number of benzene rings is 3. The Kier molecular flexibility index (Phi) is 7.45. The number of hydrogen-bond donors (Lipinski definition) is 1. The van der Waals surface area contributed by atoms with Crippen LogP contribution in [0.25, 0.3) is 6.08 Å². The quantitative estimate of drug-likeness (QED) is 0.191. The summed E-state index contributed by atoms with van der Waals surface area (Å²) in [6.07, 6.45) is 1.68. The summed E-state index contributed by atoms with van der Waals surface area (Å²) >= 11 is 5.40. The molecule has 184 valence electrons. The van der Waals surface area contributed by atoms with Crippen LogP contribution >= 0.6 is 12.2 Å². The minimum atomic E-state index is -0.496. The molecule has 1 aliphatic rings. The zero-order valence-corrected chi connectivity index (χ0v) is 20.4. The van der Waals surface area contributed by atoms with Gasteiger partial charge >= 0.3 is 5.69 Å². The zero-order chi connectivity index (χ0) is 25.7. The van der Waals surface area contributed by atoms with Gasteiger partial charge in [0.05, 0.1) is 24.3 Å². The highest BCUT2D eigenvalue weighted by molar-refractivity contribution is 7.80. The topological polar surface area (TPSA) is 103 Å². The fraction of sp³-hybridized carbons (Fsp3) is 0.154. The van der Waals surface area contributed by atoms with Crippen LogP contribution in [-0.2, 0) is 11.4 Å². The van der Waals surface area contributed by atoms with E-state index in [1.165, 1.54) is 24.1 Å². The van der Waals surface area contributed by atoms with E-state index in [0.29, 0.717) is 40.6 Å². The molecule has 10 heteroatoms. The van der Waals surface area contributed by atoms with Crippen molar-refractivity contribution in [2.45, 2.75) is 13.5 Å². The third-order valence-electron chi connectivity index (χ3n) is 5.34. The van der Waals surface area contributed by atoms with Crippen molar-refractivity contribution in [2.24, 2.45) is 0 Å². The predicted molar refractivity (Wildman–Crippen MR) is 139 cm³/mol. The molecule has 9 nitrogen and oxygen atoms in total. The number of nitro groups is 1. The van der Waals surface area contributed by atoms with Gasteiger partial charge in [0.15, 0.2) is 10.9 Å². The van der Waals surface area contributed by atoms with E-state index in [1.54, 1.807) is 60.7 Å². The van der Waals surface area contributed by atoms with Crippen molar-refractivity contribution in [2.75, 3.05) is 18.6 Å². The molecule has 1 amide bonds. The maximum Gasteiger partial charge on any atom is 0.310 e. The smallest absolute Gasteiger partial charge is 0.310 e. The first-order valence-corrected chi connectivity index (χ1v) is 11.4. The maximum absolute atomic E-state index is 13.1. The van der Waals surface area contributed by atoms with E-state index in [9.17, 15) is 14.9 Å². The molecule has 0 atom stereocenters. The molecule has 1 heterocycles. The number of carbonyl (C=O) groups is 1. The van der Waals surface area contributed by atoms with Crippen molar-refractivity contribution in [1.29, 1.82) is 0 Å². The highest BCUT2D eigenvalue weighted by Gasteiger charge is 2.32. The number of carbonyl (C=O) groups excluding carboxylic acids is 1. The Morgan fingerprint density at radius 1 is 1.06 bits per heavy atom. The number of thiocarbonyl (C=S) groups is 1. The molecule has 0 bridgehead atoms. The Labute approximate surface area is 213 Å². The summed E-state index contributed by atoms with van der Waals surface area (Å²) in [5, 5.41) is 14.5. The molecule has 0 aliphatic carbocycles. The number of para-hydroxylation sites is 2. The van der Waals surface area contributed by atoms with Gasteiger partial charge in [0.25, 0.3) is 5.91 Å². The molecule has 1 saturated heterocycles. The molecule has 0 saturated carbocycles. The first-order valence-electron chi connectivity index (χ1n) is 11.0. The number of nitrogens with zero attached hydrogens (tertiary/aromatic N) is 2. The van der Waals surface area contributed by atoms with E-state index < -0.39 is 4.92 Å². The Balaban J connectivity index is 1.55. The minimum Gasteiger partial charge on any atom is -0.496 e. The molecule has 1 N–H and O–H groups in total. The van der Waals surface area contributed by atoms with Crippen LogP contribution in [0.2, 0.25) is 0 Å². The normalized spacial score (nSPS) is 14.1. The molecule has 0 unspecified atom stereocenters. The standard InChI is InChI=1S/C26H23N3O6S/c1-3-34-20-11-9-19(10-12-20)28-25(30)21(27-26(28)36)15-17-8-13-23(33-2)18(14-17)16-35-24-7-5-4-6-22(24)29(31)32/h4-15H,3,16H2,1-2H3,(H,27,36)/b21-15+. The molecule has 3 aromatic rings. The van der Waals surface area contributed by atoms with Crippen LogP contribution in [0.4, 0.5) is 11.4 Å². The Morgan fingerprint density at radius 3 is 2.50 bits per heavy atom. The minimum absolute atomic E-state index is 0.0309. The highest BCUT2D eigenvalue weighted by atomic mass is 32.1. The van der Waals surface area contributed by atoms with Crippen LogP contribution in [0.1, 0.15) is 18.1 Å². The molecule has 0 spiro atoms. The lowest BCUT2D eigenvalue weighted by molar-refractivity contribution is -0.385. The van der Waals surface area contributed by atoms with Gasteiger partial charge in [-0.2, -0.15) is 0 Å². The average Bonchev–Trinajstić information content (AvgIpc) is 3.16. The number of ether oxygens (including phenoxy) is 3. The third-order valence-corrected chi connectivity index (χ3v) is 5.63. The van der Waals surface area contributed by atoms with E-state index in [4.69, 9.17) is 26.4 Å². The molecular weight excluding hydrogens is 482 g/mol.